The van der Waals surface area contributed by atoms with Crippen LogP contribution in [-0.4, -0.2) is 0 Å². The van der Waals surface area contributed by atoms with E-state index in [1.165, 1.54) is 35.7 Å². The van der Waals surface area contributed by atoms with Crippen LogP contribution in [-0.2, 0) is 0 Å². The summed E-state index contributed by atoms with van der Waals surface area (Å²) in [6, 6.07) is 8.86. The van der Waals surface area contributed by atoms with Crippen LogP contribution in [0.25, 0.3) is 0 Å². The van der Waals surface area contributed by atoms with Crippen LogP contribution in [0.4, 0.5) is 0 Å². The van der Waals surface area contributed by atoms with E-state index in [0.29, 0.717) is 0 Å². The van der Waals surface area contributed by atoms with Gasteiger partial charge in [0.1, 0.15) is 0 Å². The molecular weight excluding hydrogens is 236 g/mol. The van der Waals surface area contributed by atoms with Gasteiger partial charge in [-0.25, -0.2) is 0 Å². The highest BCUT2D eigenvalue weighted by atomic mass is 79.9. The van der Waals surface area contributed by atoms with Crippen LogP contribution in [0.3, 0.4) is 0 Å². The van der Waals surface area contributed by atoms with Gasteiger partial charge in [0.25, 0.3) is 0 Å². The van der Waals surface area contributed by atoms with E-state index in [1.807, 2.05) is 0 Å². The zero-order valence-electron chi connectivity index (χ0n) is 8.67. The molecule has 0 nitrogen and oxygen atoms in total. The highest BCUT2D eigenvalue weighted by molar-refractivity contribution is 9.10. The van der Waals surface area contributed by atoms with E-state index in [4.69, 9.17) is 0 Å². The highest BCUT2D eigenvalue weighted by Gasteiger charge is 2.19. The summed E-state index contributed by atoms with van der Waals surface area (Å²) >= 11 is 3.48. The Kier molecular flexibility index (Phi) is 3.27. The van der Waals surface area contributed by atoms with Gasteiger partial charge in [-0.1, -0.05) is 47.8 Å². The number of rotatable bonds is 1. The highest BCUT2D eigenvalue weighted by Crippen LogP contribution is 2.35. The first kappa shape index (κ1) is 10.2. The lowest BCUT2D eigenvalue weighted by Crippen LogP contribution is -2.10. The zero-order chi connectivity index (χ0) is 9.97. The molecule has 0 aliphatic heterocycles. The molecule has 2 rings (SSSR count). The molecular formula is C13H17Br. The van der Waals surface area contributed by atoms with E-state index in [9.17, 15) is 0 Å². The maximum Gasteiger partial charge on any atom is 0.0175 e. The summed E-state index contributed by atoms with van der Waals surface area (Å²) in [5.74, 6) is 1.76. The third-order valence-corrected chi connectivity index (χ3v) is 3.89. The summed E-state index contributed by atoms with van der Waals surface area (Å²) in [6.07, 6.45) is 5.56. The van der Waals surface area contributed by atoms with Crippen LogP contribution >= 0.6 is 15.9 Å². The Morgan fingerprint density at radius 1 is 1.00 bits per heavy atom. The second-order valence-electron chi connectivity index (χ2n) is 4.51. The van der Waals surface area contributed by atoms with Gasteiger partial charge in [-0.15, -0.1) is 0 Å². The molecule has 14 heavy (non-hydrogen) atoms. The van der Waals surface area contributed by atoms with Gasteiger partial charge in [0.15, 0.2) is 0 Å². The van der Waals surface area contributed by atoms with Crippen LogP contribution in [0.2, 0.25) is 0 Å². The lowest BCUT2D eigenvalue weighted by molar-refractivity contribution is 0.348. The molecule has 1 aromatic rings. The molecule has 0 radical (unpaired) electrons. The smallest absolute Gasteiger partial charge is 0.0175 e. The van der Waals surface area contributed by atoms with Crippen molar-refractivity contribution in [3.8, 4) is 0 Å². The van der Waals surface area contributed by atoms with E-state index in [1.54, 1.807) is 0 Å². The molecule has 1 aliphatic rings. The lowest BCUT2D eigenvalue weighted by Gasteiger charge is -2.26. The quantitative estimate of drug-likeness (QED) is 0.677. The Morgan fingerprint density at radius 2 is 1.57 bits per heavy atom. The molecule has 0 unspecified atom stereocenters. The van der Waals surface area contributed by atoms with Gasteiger partial charge in [0, 0.05) is 4.47 Å². The van der Waals surface area contributed by atoms with Crippen molar-refractivity contribution in [3.05, 3.63) is 34.3 Å². The SMILES string of the molecule is CC1CCC(c2ccc(Br)cc2)CC1. The third-order valence-electron chi connectivity index (χ3n) is 3.36. The lowest BCUT2D eigenvalue weighted by atomic mass is 9.79. The molecule has 0 aromatic heterocycles. The molecule has 1 saturated carbocycles. The topological polar surface area (TPSA) is 0 Å². The average Bonchev–Trinajstić information content (AvgIpc) is 2.21. The number of hydrogen-bond donors (Lipinski definition) is 0. The van der Waals surface area contributed by atoms with E-state index in [-0.39, 0.29) is 0 Å². The molecule has 0 spiro atoms. The Balaban J connectivity index is 2.05. The summed E-state index contributed by atoms with van der Waals surface area (Å²) in [6.45, 7) is 2.37. The van der Waals surface area contributed by atoms with Crippen LogP contribution < -0.4 is 0 Å². The maximum atomic E-state index is 3.48. The Labute approximate surface area is 94.8 Å². The minimum Gasteiger partial charge on any atom is -0.0625 e. The second-order valence-corrected chi connectivity index (χ2v) is 5.42. The summed E-state index contributed by atoms with van der Waals surface area (Å²) in [7, 11) is 0. The Bertz CT molecular complexity index is 281. The molecule has 1 fully saturated rings. The first-order valence-corrected chi connectivity index (χ1v) is 6.30. The normalized spacial score (nSPS) is 27.6. The molecule has 1 heteroatoms. The zero-order valence-corrected chi connectivity index (χ0v) is 10.3. The van der Waals surface area contributed by atoms with Crippen molar-refractivity contribution in [1.82, 2.24) is 0 Å². The number of benzene rings is 1. The van der Waals surface area contributed by atoms with Gasteiger partial charge < -0.3 is 0 Å². The van der Waals surface area contributed by atoms with Crippen molar-refractivity contribution in [3.63, 3.8) is 0 Å². The van der Waals surface area contributed by atoms with E-state index < -0.39 is 0 Å². The largest absolute Gasteiger partial charge is 0.0625 e. The fourth-order valence-electron chi connectivity index (χ4n) is 2.33. The van der Waals surface area contributed by atoms with Crippen molar-refractivity contribution in [2.45, 2.75) is 38.5 Å². The third kappa shape index (κ3) is 2.38. The average molecular weight is 253 g/mol. The minimum atomic E-state index is 0.819. The van der Waals surface area contributed by atoms with Gasteiger partial charge in [-0.3, -0.25) is 0 Å². The predicted octanol–water partition coefficient (Wildman–Crippen LogP) is 4.74. The standard InChI is InChI=1S/C13H17Br/c1-10-2-4-11(5-3-10)12-6-8-13(14)9-7-12/h6-11H,2-5H2,1H3. The second kappa shape index (κ2) is 4.48. The summed E-state index contributed by atoms with van der Waals surface area (Å²) < 4.78 is 1.19. The van der Waals surface area contributed by atoms with Crippen LogP contribution in [0, 0.1) is 5.92 Å². The fraction of sp³-hybridized carbons (Fsp3) is 0.538. The molecule has 0 bridgehead atoms. The van der Waals surface area contributed by atoms with Crippen molar-refractivity contribution in [2.75, 3.05) is 0 Å². The Hall–Kier alpha value is -0.300. The molecule has 0 saturated heterocycles. The van der Waals surface area contributed by atoms with Gasteiger partial charge in [-0.2, -0.15) is 0 Å². The van der Waals surface area contributed by atoms with Crippen LogP contribution in [0.5, 0.6) is 0 Å². The molecule has 0 heterocycles. The Morgan fingerprint density at radius 3 is 2.14 bits per heavy atom. The number of hydrogen-bond acceptors (Lipinski definition) is 0. The van der Waals surface area contributed by atoms with Gasteiger partial charge >= 0.3 is 0 Å². The first-order chi connectivity index (χ1) is 6.75. The van der Waals surface area contributed by atoms with Gasteiger partial charge in [0.2, 0.25) is 0 Å². The van der Waals surface area contributed by atoms with E-state index in [2.05, 4.69) is 47.1 Å². The summed E-state index contributed by atoms with van der Waals surface area (Å²) in [5.41, 5.74) is 1.53. The van der Waals surface area contributed by atoms with Crippen molar-refractivity contribution in [1.29, 1.82) is 0 Å². The predicted molar refractivity (Wildman–Crippen MR) is 64.5 cm³/mol. The van der Waals surface area contributed by atoms with Crippen molar-refractivity contribution in [2.24, 2.45) is 5.92 Å². The van der Waals surface area contributed by atoms with Crippen molar-refractivity contribution < 1.29 is 0 Å². The maximum absolute atomic E-state index is 3.48. The molecule has 1 aromatic carbocycles. The fourth-order valence-corrected chi connectivity index (χ4v) is 2.59. The van der Waals surface area contributed by atoms with Crippen molar-refractivity contribution >= 4 is 15.9 Å². The minimum absolute atomic E-state index is 0.819. The van der Waals surface area contributed by atoms with Gasteiger partial charge in [0.05, 0.1) is 0 Å². The van der Waals surface area contributed by atoms with E-state index >= 15 is 0 Å². The van der Waals surface area contributed by atoms with Crippen LogP contribution in [0.1, 0.15) is 44.1 Å². The summed E-state index contributed by atoms with van der Waals surface area (Å²) in [4.78, 5) is 0. The van der Waals surface area contributed by atoms with Crippen LogP contribution in [0.15, 0.2) is 28.7 Å². The molecule has 76 valence electrons. The summed E-state index contributed by atoms with van der Waals surface area (Å²) in [5, 5.41) is 0. The van der Waals surface area contributed by atoms with Gasteiger partial charge in [-0.05, 0) is 42.4 Å². The monoisotopic (exact) mass is 252 g/mol. The number of halogens is 1. The molecule has 0 amide bonds. The molecule has 0 atom stereocenters. The first-order valence-electron chi connectivity index (χ1n) is 5.51. The molecule has 0 N–H and O–H groups in total. The van der Waals surface area contributed by atoms with E-state index in [0.717, 1.165) is 11.8 Å². The molecule has 1 aliphatic carbocycles.